The van der Waals surface area contributed by atoms with Crippen molar-refractivity contribution in [3.63, 3.8) is 0 Å². The molecule has 1 unspecified atom stereocenters. The Morgan fingerprint density at radius 3 is 2.30 bits per heavy atom. The molecule has 2 aliphatic heterocycles. The quantitative estimate of drug-likeness (QED) is 0.742. The van der Waals surface area contributed by atoms with Crippen LogP contribution < -0.4 is 5.32 Å². The molecule has 0 spiro atoms. The van der Waals surface area contributed by atoms with Gasteiger partial charge in [-0.25, -0.2) is 4.79 Å². The summed E-state index contributed by atoms with van der Waals surface area (Å²) in [6.45, 7) is 9.55. The average Bonchev–Trinajstić information content (AvgIpc) is 2.68. The largest absolute Gasteiger partial charge is 0.450 e. The summed E-state index contributed by atoms with van der Waals surface area (Å²) >= 11 is 0. The summed E-state index contributed by atoms with van der Waals surface area (Å²) in [5, 5.41) is 3.04. The Hall–Kier alpha value is -1.79. The lowest BCUT2D eigenvalue weighted by Gasteiger charge is -2.40. The molecule has 1 atom stereocenters. The van der Waals surface area contributed by atoms with Crippen LogP contribution in [0.5, 0.6) is 0 Å². The standard InChI is InChI=1S/C20H35N3O4/c1-5-16-9-7-8-12-23(16)18(25)20(3,4)17(24)21-15-10-13-22(14-11-15)19(26)27-6-2/h15-16H,5-14H2,1-4H3,(H,21,24). The Bertz CT molecular complexity index is 541. The van der Waals surface area contributed by atoms with Crippen LogP contribution in [0, 0.1) is 5.41 Å². The molecular weight excluding hydrogens is 346 g/mol. The number of rotatable bonds is 5. The molecule has 0 aromatic heterocycles. The van der Waals surface area contributed by atoms with Gasteiger partial charge in [-0.2, -0.15) is 0 Å². The minimum absolute atomic E-state index is 0.0152. The molecule has 0 saturated carbocycles. The van der Waals surface area contributed by atoms with Gasteiger partial charge in [-0.15, -0.1) is 0 Å². The zero-order valence-corrected chi connectivity index (χ0v) is 17.3. The van der Waals surface area contributed by atoms with Crippen LogP contribution in [0.1, 0.15) is 66.2 Å². The van der Waals surface area contributed by atoms with Gasteiger partial charge in [-0.3, -0.25) is 9.59 Å². The summed E-state index contributed by atoms with van der Waals surface area (Å²) in [4.78, 5) is 41.3. The lowest BCUT2D eigenvalue weighted by Crippen LogP contribution is -2.56. The zero-order valence-electron chi connectivity index (χ0n) is 17.3. The van der Waals surface area contributed by atoms with Gasteiger partial charge in [0, 0.05) is 31.7 Å². The second kappa shape index (κ2) is 9.42. The van der Waals surface area contributed by atoms with E-state index in [1.165, 1.54) is 0 Å². The van der Waals surface area contributed by atoms with Gasteiger partial charge in [-0.05, 0) is 59.3 Å². The number of carbonyl (C=O) groups is 3. The number of amides is 3. The Labute approximate surface area is 162 Å². The Morgan fingerprint density at radius 1 is 1.04 bits per heavy atom. The molecule has 7 nitrogen and oxygen atoms in total. The molecule has 2 saturated heterocycles. The van der Waals surface area contributed by atoms with E-state index in [9.17, 15) is 14.4 Å². The van der Waals surface area contributed by atoms with Crippen molar-refractivity contribution in [3.8, 4) is 0 Å². The highest BCUT2D eigenvalue weighted by molar-refractivity contribution is 6.04. The molecule has 0 radical (unpaired) electrons. The highest BCUT2D eigenvalue weighted by Gasteiger charge is 2.42. The molecule has 2 heterocycles. The SMILES string of the molecule is CCOC(=O)N1CCC(NC(=O)C(C)(C)C(=O)N2CCCCC2CC)CC1. The van der Waals surface area contributed by atoms with E-state index >= 15 is 0 Å². The first-order valence-electron chi connectivity index (χ1n) is 10.3. The maximum absolute atomic E-state index is 13.1. The lowest BCUT2D eigenvalue weighted by molar-refractivity contribution is -0.151. The maximum Gasteiger partial charge on any atom is 0.409 e. The number of carbonyl (C=O) groups excluding carboxylic acids is 3. The van der Waals surface area contributed by atoms with E-state index in [0.717, 1.165) is 32.2 Å². The average molecular weight is 382 g/mol. The van der Waals surface area contributed by atoms with E-state index in [1.54, 1.807) is 25.7 Å². The third kappa shape index (κ3) is 5.14. The van der Waals surface area contributed by atoms with E-state index in [2.05, 4.69) is 12.2 Å². The third-order valence-electron chi connectivity index (χ3n) is 5.82. The van der Waals surface area contributed by atoms with Crippen LogP contribution >= 0.6 is 0 Å². The van der Waals surface area contributed by atoms with Crippen LogP contribution in [0.25, 0.3) is 0 Å². The highest BCUT2D eigenvalue weighted by Crippen LogP contribution is 2.27. The van der Waals surface area contributed by atoms with E-state index in [0.29, 0.717) is 32.5 Å². The molecule has 7 heteroatoms. The second-order valence-corrected chi connectivity index (χ2v) is 8.12. The normalized spacial score (nSPS) is 21.7. The maximum atomic E-state index is 13.1. The molecule has 0 aliphatic carbocycles. The molecule has 0 aromatic carbocycles. The molecule has 2 aliphatic rings. The van der Waals surface area contributed by atoms with Gasteiger partial charge in [-0.1, -0.05) is 6.92 Å². The molecule has 27 heavy (non-hydrogen) atoms. The van der Waals surface area contributed by atoms with Gasteiger partial charge < -0.3 is 19.9 Å². The molecule has 2 fully saturated rings. The number of hydrogen-bond donors (Lipinski definition) is 1. The first-order chi connectivity index (χ1) is 12.8. The van der Waals surface area contributed by atoms with Gasteiger partial charge in [0.15, 0.2) is 0 Å². The van der Waals surface area contributed by atoms with Gasteiger partial charge in [0.1, 0.15) is 5.41 Å². The fourth-order valence-electron chi connectivity index (χ4n) is 3.94. The third-order valence-corrected chi connectivity index (χ3v) is 5.82. The van der Waals surface area contributed by atoms with Crippen molar-refractivity contribution in [1.82, 2.24) is 15.1 Å². The van der Waals surface area contributed by atoms with Crippen molar-refractivity contribution in [2.24, 2.45) is 5.41 Å². The van der Waals surface area contributed by atoms with Crippen LogP contribution in [0.2, 0.25) is 0 Å². The minimum Gasteiger partial charge on any atom is -0.450 e. The van der Waals surface area contributed by atoms with E-state index in [4.69, 9.17) is 4.74 Å². The topological polar surface area (TPSA) is 79.0 Å². The van der Waals surface area contributed by atoms with Crippen molar-refractivity contribution in [2.45, 2.75) is 78.3 Å². The number of ether oxygens (including phenoxy) is 1. The number of nitrogens with zero attached hydrogens (tertiary/aromatic N) is 2. The first kappa shape index (κ1) is 21.5. The van der Waals surface area contributed by atoms with Gasteiger partial charge in [0.05, 0.1) is 6.61 Å². The monoisotopic (exact) mass is 381 g/mol. The van der Waals surface area contributed by atoms with Crippen molar-refractivity contribution < 1.29 is 19.1 Å². The summed E-state index contributed by atoms with van der Waals surface area (Å²) in [6.07, 6.45) is 5.16. The summed E-state index contributed by atoms with van der Waals surface area (Å²) < 4.78 is 5.02. The zero-order chi connectivity index (χ0) is 20.0. The molecule has 0 aromatic rings. The summed E-state index contributed by atoms with van der Waals surface area (Å²) in [5.41, 5.74) is -1.08. The summed E-state index contributed by atoms with van der Waals surface area (Å²) in [6, 6.07) is 0.227. The molecule has 2 rings (SSSR count). The highest BCUT2D eigenvalue weighted by atomic mass is 16.6. The van der Waals surface area contributed by atoms with Crippen LogP contribution in [0.4, 0.5) is 4.79 Å². The van der Waals surface area contributed by atoms with E-state index in [-0.39, 0.29) is 30.0 Å². The predicted molar refractivity (Wildman–Crippen MR) is 103 cm³/mol. The van der Waals surface area contributed by atoms with E-state index in [1.807, 2.05) is 4.90 Å². The van der Waals surface area contributed by atoms with Gasteiger partial charge in [0.2, 0.25) is 11.8 Å². The van der Waals surface area contributed by atoms with Crippen LogP contribution in [-0.2, 0) is 14.3 Å². The van der Waals surface area contributed by atoms with Crippen LogP contribution in [0.15, 0.2) is 0 Å². The molecule has 0 bridgehead atoms. The summed E-state index contributed by atoms with van der Waals surface area (Å²) in [5.74, 6) is -0.293. The smallest absolute Gasteiger partial charge is 0.409 e. The van der Waals surface area contributed by atoms with Crippen molar-refractivity contribution in [1.29, 1.82) is 0 Å². The number of likely N-dealkylation sites (tertiary alicyclic amines) is 2. The Balaban J connectivity index is 1.90. The predicted octanol–water partition coefficient (Wildman–Crippen LogP) is 2.54. The lowest BCUT2D eigenvalue weighted by atomic mass is 9.87. The fraction of sp³-hybridized carbons (Fsp3) is 0.850. The Morgan fingerprint density at radius 2 is 1.70 bits per heavy atom. The number of piperidine rings is 2. The van der Waals surface area contributed by atoms with Gasteiger partial charge in [0.25, 0.3) is 0 Å². The van der Waals surface area contributed by atoms with E-state index < -0.39 is 5.41 Å². The molecule has 1 N–H and O–H groups in total. The summed E-state index contributed by atoms with van der Waals surface area (Å²) in [7, 11) is 0. The van der Waals surface area contributed by atoms with Crippen molar-refractivity contribution in [2.75, 3.05) is 26.2 Å². The van der Waals surface area contributed by atoms with Gasteiger partial charge >= 0.3 is 6.09 Å². The minimum atomic E-state index is -1.08. The van der Waals surface area contributed by atoms with Crippen LogP contribution in [0.3, 0.4) is 0 Å². The molecular formula is C20H35N3O4. The second-order valence-electron chi connectivity index (χ2n) is 8.12. The molecule has 3 amide bonds. The van der Waals surface area contributed by atoms with Crippen molar-refractivity contribution >= 4 is 17.9 Å². The molecule has 154 valence electrons. The number of hydrogen-bond acceptors (Lipinski definition) is 4. The first-order valence-corrected chi connectivity index (χ1v) is 10.3. The van der Waals surface area contributed by atoms with Crippen molar-refractivity contribution in [3.05, 3.63) is 0 Å². The number of nitrogens with one attached hydrogen (secondary N) is 1. The fourth-order valence-corrected chi connectivity index (χ4v) is 3.94. The van der Waals surface area contributed by atoms with Crippen LogP contribution in [-0.4, -0.2) is 66.0 Å². The Kier molecular flexibility index (Phi) is 7.50.